The van der Waals surface area contributed by atoms with E-state index in [1.165, 1.54) is 11.0 Å². The number of nitrogens with one attached hydrogen (secondary N) is 1. The Morgan fingerprint density at radius 1 is 1.05 bits per heavy atom. The zero-order valence-corrected chi connectivity index (χ0v) is 24.2. The average molecular weight is 621 g/mol. The molecule has 210 valence electrons. The van der Waals surface area contributed by atoms with Crippen LogP contribution < -0.4 is 9.62 Å². The van der Waals surface area contributed by atoms with Crippen LogP contribution in [0.2, 0.25) is 0 Å². The van der Waals surface area contributed by atoms with Gasteiger partial charge in [-0.05, 0) is 55.2 Å². The third kappa shape index (κ3) is 9.61. The molecule has 0 aromatic heterocycles. The van der Waals surface area contributed by atoms with Gasteiger partial charge in [-0.25, -0.2) is 8.42 Å². The molecule has 2 aromatic carbocycles. The lowest BCUT2D eigenvalue weighted by atomic mass is 10.1. The predicted octanol–water partition coefficient (Wildman–Crippen LogP) is 5.20. The van der Waals surface area contributed by atoms with E-state index in [4.69, 9.17) is 0 Å². The van der Waals surface area contributed by atoms with E-state index >= 15 is 0 Å². The Kier molecular flexibility index (Phi) is 11.2. The maximum Gasteiger partial charge on any atom is 0.416 e. The second kappa shape index (κ2) is 13.5. The van der Waals surface area contributed by atoms with Crippen LogP contribution in [0.3, 0.4) is 0 Å². The van der Waals surface area contributed by atoms with Gasteiger partial charge >= 0.3 is 6.18 Å². The van der Waals surface area contributed by atoms with Gasteiger partial charge in [-0.2, -0.15) is 13.2 Å². The van der Waals surface area contributed by atoms with Crippen molar-refractivity contribution < 1.29 is 31.2 Å². The van der Waals surface area contributed by atoms with Crippen molar-refractivity contribution >= 4 is 43.5 Å². The van der Waals surface area contributed by atoms with Crippen LogP contribution in [0.25, 0.3) is 0 Å². The van der Waals surface area contributed by atoms with E-state index in [9.17, 15) is 31.2 Å². The molecule has 0 aliphatic rings. The summed E-state index contributed by atoms with van der Waals surface area (Å²) in [6, 6.07) is 10.5. The molecule has 7 nitrogen and oxygen atoms in total. The number of benzene rings is 2. The minimum absolute atomic E-state index is 0.0392. The van der Waals surface area contributed by atoms with E-state index < -0.39 is 27.8 Å². The minimum Gasteiger partial charge on any atom is -0.354 e. The summed E-state index contributed by atoms with van der Waals surface area (Å²) in [7, 11) is -3.93. The SMILES string of the molecule is CC(C)CNC(=O)[C@@H](C)N(Cc1cccc(Br)c1)C(=O)CCCN(c1cccc(C(F)(F)F)c1)S(C)(=O)=O. The van der Waals surface area contributed by atoms with Crippen molar-refractivity contribution in [2.45, 2.75) is 52.4 Å². The first kappa shape index (κ1) is 31.6. The molecule has 2 aromatic rings. The number of amides is 2. The largest absolute Gasteiger partial charge is 0.416 e. The van der Waals surface area contributed by atoms with Crippen molar-refractivity contribution in [3.05, 3.63) is 64.1 Å². The van der Waals surface area contributed by atoms with Crippen LogP contribution in [0.5, 0.6) is 0 Å². The number of halogens is 4. The Morgan fingerprint density at radius 2 is 1.71 bits per heavy atom. The molecule has 0 saturated heterocycles. The van der Waals surface area contributed by atoms with Crippen LogP contribution in [-0.2, 0) is 32.3 Å². The number of hydrogen-bond acceptors (Lipinski definition) is 4. The lowest BCUT2D eigenvalue weighted by molar-refractivity contribution is -0.140. The summed E-state index contributed by atoms with van der Waals surface area (Å²) in [5.41, 5.74) is -0.318. The van der Waals surface area contributed by atoms with Crippen LogP contribution in [-0.4, -0.2) is 50.5 Å². The summed E-state index contributed by atoms with van der Waals surface area (Å²) >= 11 is 3.40. The van der Waals surface area contributed by atoms with Gasteiger partial charge in [0.05, 0.1) is 17.5 Å². The topological polar surface area (TPSA) is 86.8 Å². The molecular formula is C26H33BrF3N3O4S. The molecule has 0 unspecified atom stereocenters. The van der Waals surface area contributed by atoms with E-state index in [0.29, 0.717) is 6.54 Å². The summed E-state index contributed by atoms with van der Waals surface area (Å²) in [5.74, 6) is -0.475. The van der Waals surface area contributed by atoms with Crippen molar-refractivity contribution in [2.24, 2.45) is 5.92 Å². The van der Waals surface area contributed by atoms with Gasteiger partial charge in [0.2, 0.25) is 21.8 Å². The number of hydrogen-bond donors (Lipinski definition) is 1. The number of carbonyl (C=O) groups excluding carboxylic acids is 2. The molecule has 1 N–H and O–H groups in total. The Morgan fingerprint density at radius 3 is 2.29 bits per heavy atom. The molecule has 12 heteroatoms. The third-order valence-electron chi connectivity index (χ3n) is 5.71. The maximum atomic E-state index is 13.3. The summed E-state index contributed by atoms with van der Waals surface area (Å²) in [6.07, 6.45) is -3.80. The Hall–Kier alpha value is -2.60. The monoisotopic (exact) mass is 619 g/mol. The van der Waals surface area contributed by atoms with Crippen LogP contribution in [0, 0.1) is 5.92 Å². The van der Waals surface area contributed by atoms with Gasteiger partial charge < -0.3 is 10.2 Å². The van der Waals surface area contributed by atoms with Crippen molar-refractivity contribution in [3.63, 3.8) is 0 Å². The lowest BCUT2D eigenvalue weighted by Gasteiger charge is -2.30. The first-order chi connectivity index (χ1) is 17.6. The highest BCUT2D eigenvalue weighted by Gasteiger charge is 2.32. The van der Waals surface area contributed by atoms with Crippen molar-refractivity contribution in [1.82, 2.24) is 10.2 Å². The van der Waals surface area contributed by atoms with Gasteiger partial charge in [-0.15, -0.1) is 0 Å². The van der Waals surface area contributed by atoms with Crippen molar-refractivity contribution in [3.8, 4) is 0 Å². The second-order valence-electron chi connectivity index (χ2n) is 9.45. The van der Waals surface area contributed by atoms with Crippen LogP contribution in [0.1, 0.15) is 44.7 Å². The molecule has 0 heterocycles. The zero-order chi connectivity index (χ0) is 28.7. The number of carbonyl (C=O) groups is 2. The van der Waals surface area contributed by atoms with E-state index in [1.54, 1.807) is 6.92 Å². The quantitative estimate of drug-likeness (QED) is 0.354. The number of nitrogens with zero attached hydrogens (tertiary/aromatic N) is 2. The van der Waals surface area contributed by atoms with Crippen molar-refractivity contribution in [2.75, 3.05) is 23.7 Å². The number of alkyl halides is 3. The molecule has 0 aliphatic heterocycles. The molecule has 0 fully saturated rings. The highest BCUT2D eigenvalue weighted by molar-refractivity contribution is 9.10. The van der Waals surface area contributed by atoms with Gasteiger partial charge in [-0.3, -0.25) is 13.9 Å². The third-order valence-corrected chi connectivity index (χ3v) is 7.39. The molecule has 1 atom stereocenters. The molecule has 0 bridgehead atoms. The van der Waals surface area contributed by atoms with Gasteiger partial charge in [-0.1, -0.05) is 48.0 Å². The summed E-state index contributed by atoms with van der Waals surface area (Å²) in [4.78, 5) is 27.5. The number of anilines is 1. The molecular weight excluding hydrogens is 587 g/mol. The fourth-order valence-corrected chi connectivity index (χ4v) is 5.11. The Labute approximate surface area is 230 Å². The molecule has 2 amide bonds. The van der Waals surface area contributed by atoms with Gasteiger partial charge in [0.15, 0.2) is 0 Å². The van der Waals surface area contributed by atoms with Gasteiger partial charge in [0, 0.05) is 30.5 Å². The van der Waals surface area contributed by atoms with E-state index in [0.717, 1.165) is 38.8 Å². The molecule has 0 saturated carbocycles. The van der Waals surface area contributed by atoms with Crippen LogP contribution >= 0.6 is 15.9 Å². The molecule has 2 rings (SSSR count). The van der Waals surface area contributed by atoms with Gasteiger partial charge in [0.25, 0.3) is 0 Å². The average Bonchev–Trinajstić information content (AvgIpc) is 2.82. The number of sulfonamides is 1. The highest BCUT2D eigenvalue weighted by atomic mass is 79.9. The standard InChI is InChI=1S/C26H33BrF3N3O4S/c1-18(2)16-31-25(35)19(3)32(17-20-8-5-10-22(27)14-20)24(34)12-7-13-33(38(4,36)37)23-11-6-9-21(15-23)26(28,29)30/h5-6,8-11,14-15,18-19H,7,12-13,16-17H2,1-4H3,(H,31,35)/t19-/m1/s1. The second-order valence-corrected chi connectivity index (χ2v) is 12.3. The van der Waals surface area contributed by atoms with E-state index in [2.05, 4.69) is 21.2 Å². The molecule has 0 radical (unpaired) electrons. The first-order valence-electron chi connectivity index (χ1n) is 12.1. The minimum atomic E-state index is -4.63. The summed E-state index contributed by atoms with van der Waals surface area (Å²) < 4.78 is 65.9. The maximum absolute atomic E-state index is 13.3. The molecule has 0 spiro atoms. The van der Waals surface area contributed by atoms with E-state index in [1.807, 2.05) is 38.1 Å². The lowest BCUT2D eigenvalue weighted by Crippen LogP contribution is -2.48. The number of rotatable bonds is 12. The normalized spacial score (nSPS) is 12.8. The van der Waals surface area contributed by atoms with Crippen molar-refractivity contribution in [1.29, 1.82) is 0 Å². The predicted molar refractivity (Wildman–Crippen MR) is 145 cm³/mol. The first-order valence-corrected chi connectivity index (χ1v) is 14.7. The smallest absolute Gasteiger partial charge is 0.354 e. The fraction of sp³-hybridized carbons (Fsp3) is 0.462. The Balaban J connectivity index is 2.21. The van der Waals surface area contributed by atoms with Crippen LogP contribution in [0.4, 0.5) is 18.9 Å². The Bertz CT molecular complexity index is 1220. The summed E-state index contributed by atoms with van der Waals surface area (Å²) in [6.45, 7) is 5.92. The molecule has 38 heavy (non-hydrogen) atoms. The van der Waals surface area contributed by atoms with Crippen LogP contribution in [0.15, 0.2) is 53.0 Å². The summed E-state index contributed by atoms with van der Waals surface area (Å²) in [5, 5.41) is 2.83. The van der Waals surface area contributed by atoms with E-state index in [-0.39, 0.29) is 49.4 Å². The highest BCUT2D eigenvalue weighted by Crippen LogP contribution is 2.32. The fourth-order valence-electron chi connectivity index (χ4n) is 3.71. The zero-order valence-electron chi connectivity index (χ0n) is 21.8. The van der Waals surface area contributed by atoms with Gasteiger partial charge in [0.1, 0.15) is 6.04 Å². The molecule has 0 aliphatic carbocycles.